The van der Waals surface area contributed by atoms with Crippen molar-refractivity contribution in [3.8, 4) is 5.75 Å². The van der Waals surface area contributed by atoms with Crippen molar-refractivity contribution in [3.63, 3.8) is 0 Å². The molecule has 0 atom stereocenters. The first kappa shape index (κ1) is 3.05. The Kier molecular flexibility index (Phi) is 0.730. The van der Waals surface area contributed by atoms with E-state index in [-0.39, 0.29) is 6.04 Å². The van der Waals surface area contributed by atoms with E-state index in [1.54, 1.807) is 0 Å². The van der Waals surface area contributed by atoms with Crippen LogP contribution in [0, 0.1) is 0 Å². The number of rotatable bonds is 2. The fourth-order valence-electron chi connectivity index (χ4n) is 0.493. The first-order chi connectivity index (χ1) is 6.49. The molecule has 1 aromatic rings. The van der Waals surface area contributed by atoms with E-state index < -0.39 is 29.4 Å². The summed E-state index contributed by atoms with van der Waals surface area (Å²) in [5.41, 5.74) is -0.453. The van der Waals surface area contributed by atoms with Crippen molar-refractivity contribution in [1.29, 1.82) is 1.43 Å². The second-order valence-corrected chi connectivity index (χ2v) is 1.59. The van der Waals surface area contributed by atoms with Crippen LogP contribution in [-0.2, 0) is 0 Å². The smallest absolute Gasteiger partial charge is 0.339 e. The average Bonchev–Trinajstić information content (AvgIpc) is 2.13. The molecule has 0 saturated carbocycles. The van der Waals surface area contributed by atoms with Crippen molar-refractivity contribution in [2.24, 2.45) is 0 Å². The summed E-state index contributed by atoms with van der Waals surface area (Å²) in [6.45, 7) is 0. The van der Waals surface area contributed by atoms with Crippen molar-refractivity contribution in [2.75, 3.05) is 0 Å². The van der Waals surface area contributed by atoms with E-state index >= 15 is 0 Å². The standard InChI is InChI=1S/C7H6O3/c8-6-4-2-1-3-5(6)7(9)10/h1-4,8H,(H,9,10)/i1D,2D,4D/hD. The number of hydrogen-bond acceptors (Lipinski definition) is 2. The topological polar surface area (TPSA) is 57.5 Å². The number of carboxylic acid groups (broad SMARTS) is 1. The van der Waals surface area contributed by atoms with Gasteiger partial charge in [-0.3, -0.25) is 0 Å². The van der Waals surface area contributed by atoms with Crippen LogP contribution in [0.25, 0.3) is 0 Å². The summed E-state index contributed by atoms with van der Waals surface area (Å²) in [5.74, 6) is -1.91. The molecule has 0 unspecified atom stereocenters. The molecule has 3 nitrogen and oxygen atoms in total. The Balaban J connectivity index is 3.51. The van der Waals surface area contributed by atoms with Gasteiger partial charge in [0.15, 0.2) is 0 Å². The molecule has 0 heterocycles. The van der Waals surface area contributed by atoms with E-state index in [9.17, 15) is 4.79 Å². The second-order valence-electron chi connectivity index (χ2n) is 1.59. The highest BCUT2D eigenvalue weighted by molar-refractivity contribution is 5.90. The summed E-state index contributed by atoms with van der Waals surface area (Å²) in [6.07, 6.45) is 0. The van der Waals surface area contributed by atoms with Crippen LogP contribution in [0.4, 0.5) is 0 Å². The molecular weight excluding hydrogens is 132 g/mol. The zero-order valence-electron chi connectivity index (χ0n) is 8.84. The molecule has 0 saturated heterocycles. The lowest BCUT2D eigenvalue weighted by Crippen LogP contribution is -1.95. The Hall–Kier alpha value is -1.51. The maximum absolute atomic E-state index is 10.6. The summed E-state index contributed by atoms with van der Waals surface area (Å²) < 4.78 is 28.2. The van der Waals surface area contributed by atoms with Gasteiger partial charge in [0.1, 0.15) is 11.3 Å². The number of phenols is 1. The van der Waals surface area contributed by atoms with E-state index in [1.165, 1.54) is 0 Å². The quantitative estimate of drug-likeness (QED) is 0.649. The Morgan fingerprint density at radius 3 is 3.10 bits per heavy atom. The molecule has 0 aliphatic rings. The second kappa shape index (κ2) is 2.39. The fourth-order valence-corrected chi connectivity index (χ4v) is 0.493. The number of benzene rings is 1. The molecule has 0 aliphatic carbocycles. The predicted octanol–water partition coefficient (Wildman–Crippen LogP) is 1.09. The van der Waals surface area contributed by atoms with Crippen LogP contribution in [-0.4, -0.2) is 17.6 Å². The number of hydrogen-bond donors (Lipinski definition) is 2. The van der Waals surface area contributed by atoms with Gasteiger partial charge in [-0.25, -0.2) is 4.79 Å². The molecule has 2 N–H and O–H groups in total. The van der Waals surface area contributed by atoms with Crippen molar-refractivity contribution in [1.82, 2.24) is 0 Å². The zero-order valence-corrected chi connectivity index (χ0v) is 4.84. The maximum atomic E-state index is 10.6. The van der Waals surface area contributed by atoms with Gasteiger partial charge in [-0.1, -0.05) is 12.1 Å². The van der Waals surface area contributed by atoms with Gasteiger partial charge in [0.2, 0.25) is 0 Å². The van der Waals surface area contributed by atoms with Gasteiger partial charge >= 0.3 is 5.97 Å². The highest BCUT2D eigenvalue weighted by Crippen LogP contribution is 2.14. The van der Waals surface area contributed by atoms with Crippen molar-refractivity contribution >= 4 is 5.97 Å². The van der Waals surface area contributed by atoms with Crippen molar-refractivity contribution in [3.05, 3.63) is 29.8 Å². The summed E-state index contributed by atoms with van der Waals surface area (Å²) in [5, 5.41) is 12.6. The number of para-hydroxylation sites is 1. The molecule has 0 fully saturated rings. The Morgan fingerprint density at radius 1 is 1.70 bits per heavy atom. The van der Waals surface area contributed by atoms with Crippen LogP contribution < -0.4 is 0 Å². The minimum atomic E-state index is -1.39. The summed E-state index contributed by atoms with van der Waals surface area (Å²) >= 11 is 0. The van der Waals surface area contributed by atoms with Gasteiger partial charge in [-0.15, -0.1) is 0 Å². The lowest BCUT2D eigenvalue weighted by molar-refractivity contribution is 0.0694. The third-order valence-corrected chi connectivity index (χ3v) is 0.940. The van der Waals surface area contributed by atoms with E-state index in [4.69, 9.17) is 10.7 Å². The molecule has 1 rings (SSSR count). The van der Waals surface area contributed by atoms with Crippen LogP contribution in [0.2, 0.25) is 0 Å². The minimum Gasteiger partial charge on any atom is -0.507 e. The van der Waals surface area contributed by atoms with Crippen LogP contribution in [0.1, 0.15) is 14.5 Å². The van der Waals surface area contributed by atoms with E-state index in [0.717, 1.165) is 6.07 Å². The molecule has 0 amide bonds. The molecule has 1 aromatic carbocycles. The molecule has 52 valence electrons. The normalized spacial score (nSPS) is 14.4. The zero-order chi connectivity index (χ0) is 10.9. The van der Waals surface area contributed by atoms with Crippen molar-refractivity contribution < 1.29 is 19.1 Å². The van der Waals surface area contributed by atoms with Crippen molar-refractivity contribution in [2.45, 2.75) is 0 Å². The fraction of sp³-hybridized carbons (Fsp3) is 0. The number of aromatic hydroxyl groups is 1. The molecule has 10 heavy (non-hydrogen) atoms. The average molecular weight is 142 g/mol. The van der Waals surface area contributed by atoms with E-state index in [2.05, 4.69) is 5.11 Å². The van der Waals surface area contributed by atoms with Gasteiger partial charge in [0.05, 0.1) is 4.11 Å². The lowest BCUT2D eigenvalue weighted by Gasteiger charge is -1.95. The summed E-state index contributed by atoms with van der Waals surface area (Å²) in [7, 11) is 0. The summed E-state index contributed by atoms with van der Waals surface area (Å²) in [4.78, 5) is 10.6. The number of aromatic carboxylic acids is 1. The Labute approximate surface area is 63.3 Å². The third-order valence-electron chi connectivity index (χ3n) is 0.940. The first-order valence-electron chi connectivity index (χ1n) is 4.37. The Bertz CT molecular complexity index is 391. The van der Waals surface area contributed by atoms with E-state index in [1.807, 2.05) is 0 Å². The number of carbonyl (C=O) groups is 1. The monoisotopic (exact) mass is 142 g/mol. The highest BCUT2D eigenvalue weighted by atomic mass is 16.4. The molecule has 0 radical (unpaired) electrons. The van der Waals surface area contributed by atoms with Gasteiger partial charge in [-0.2, -0.15) is 0 Å². The van der Waals surface area contributed by atoms with Crippen LogP contribution in [0.15, 0.2) is 24.2 Å². The minimum absolute atomic E-state index is 0.381. The summed E-state index contributed by atoms with van der Waals surface area (Å²) in [6, 6.07) is -0.526. The maximum Gasteiger partial charge on any atom is 0.339 e. The van der Waals surface area contributed by atoms with Gasteiger partial charge in [0.25, 0.3) is 1.43 Å². The SMILES string of the molecule is [2H]Oc1c(C(=O)O)cc([2H])c([2H])c1[2H]. The van der Waals surface area contributed by atoms with Crippen LogP contribution >= 0.6 is 0 Å². The predicted molar refractivity (Wildman–Crippen MR) is 35.1 cm³/mol. The van der Waals surface area contributed by atoms with Gasteiger partial charge in [0, 0.05) is 0 Å². The van der Waals surface area contributed by atoms with Gasteiger partial charge < -0.3 is 10.2 Å². The molecule has 0 spiro atoms. The Morgan fingerprint density at radius 2 is 2.50 bits per heavy atom. The molecule has 0 bridgehead atoms. The van der Waals surface area contributed by atoms with Gasteiger partial charge in [-0.05, 0) is 12.1 Å². The molecular formula is C7H6O3. The first-order valence-corrected chi connectivity index (χ1v) is 2.46. The highest BCUT2D eigenvalue weighted by Gasteiger charge is 2.05. The largest absolute Gasteiger partial charge is 0.507 e. The molecule has 3 heteroatoms. The third kappa shape index (κ3) is 1.07. The lowest BCUT2D eigenvalue weighted by atomic mass is 10.2. The molecule has 0 aliphatic heterocycles. The van der Waals surface area contributed by atoms with Crippen LogP contribution in [0.5, 0.6) is 5.75 Å². The van der Waals surface area contributed by atoms with Crippen LogP contribution in [0.3, 0.4) is 0 Å². The van der Waals surface area contributed by atoms with E-state index in [0.29, 0.717) is 0 Å². The number of carboxylic acids is 1. The molecule has 0 aromatic heterocycles.